The molecule has 0 fully saturated rings. The molecule has 14 heavy (non-hydrogen) atoms. The number of pyridine rings is 1. The Morgan fingerprint density at radius 2 is 2.29 bits per heavy atom. The molecule has 1 aromatic heterocycles. The van der Waals surface area contributed by atoms with E-state index in [2.05, 4.69) is 9.71 Å². The van der Waals surface area contributed by atoms with E-state index in [-0.39, 0.29) is 0 Å². The molecule has 0 aliphatic carbocycles. The number of nitrogens with zero attached hydrogens (tertiary/aromatic N) is 1. The van der Waals surface area contributed by atoms with Crippen molar-refractivity contribution in [2.24, 2.45) is 0 Å². The number of nitrogens with one attached hydrogen (secondary N) is 1. The number of alkyl halides is 1. The molecule has 0 aliphatic heterocycles. The van der Waals surface area contributed by atoms with Crippen LogP contribution in [0.1, 0.15) is 5.56 Å². The maximum absolute atomic E-state index is 10.9. The van der Waals surface area contributed by atoms with Gasteiger partial charge in [-0.25, -0.2) is 13.1 Å². The summed E-state index contributed by atoms with van der Waals surface area (Å²) in [5, 5.41) is -0.403. The molecule has 1 aromatic rings. The first-order chi connectivity index (χ1) is 6.64. The van der Waals surface area contributed by atoms with Crippen molar-refractivity contribution in [3.8, 4) is 0 Å². The number of rotatable bonds is 5. The minimum absolute atomic E-state index is 0.348. The van der Waals surface area contributed by atoms with Gasteiger partial charge in [-0.1, -0.05) is 6.07 Å². The minimum atomic E-state index is -3.29. The Hall–Kier alpha value is -0.650. The van der Waals surface area contributed by atoms with E-state index < -0.39 is 15.2 Å². The largest absolute Gasteiger partial charge is 0.264 e. The van der Waals surface area contributed by atoms with Gasteiger partial charge in [0.2, 0.25) is 10.0 Å². The van der Waals surface area contributed by atoms with Crippen LogP contribution in [0.2, 0.25) is 0 Å². The second-order valence-electron chi connectivity index (χ2n) is 2.73. The highest BCUT2D eigenvalue weighted by atomic mass is 35.5. The Morgan fingerprint density at radius 3 is 2.86 bits per heavy atom. The van der Waals surface area contributed by atoms with Gasteiger partial charge >= 0.3 is 0 Å². The highest BCUT2D eigenvalue weighted by Gasteiger charge is 2.05. The first-order valence-corrected chi connectivity index (χ1v) is 6.25. The zero-order chi connectivity index (χ0) is 10.4. The highest BCUT2D eigenvalue weighted by Crippen LogP contribution is 1.96. The molecular formula is C8H11ClN2O2S. The van der Waals surface area contributed by atoms with E-state index >= 15 is 0 Å². The van der Waals surface area contributed by atoms with Crippen LogP contribution in [-0.2, 0) is 16.4 Å². The molecule has 1 heterocycles. The summed E-state index contributed by atoms with van der Waals surface area (Å²) in [7, 11) is -3.29. The molecule has 0 amide bonds. The van der Waals surface area contributed by atoms with Crippen molar-refractivity contribution in [1.29, 1.82) is 0 Å². The average Bonchev–Trinajstić information content (AvgIpc) is 2.19. The molecule has 0 saturated carbocycles. The monoisotopic (exact) mass is 234 g/mol. The van der Waals surface area contributed by atoms with Gasteiger partial charge in [-0.3, -0.25) is 4.98 Å². The molecule has 0 radical (unpaired) electrons. The Bertz CT molecular complexity index is 366. The van der Waals surface area contributed by atoms with Gasteiger partial charge in [0.05, 0.1) is 0 Å². The first-order valence-electron chi connectivity index (χ1n) is 4.06. The molecule has 0 aliphatic rings. The van der Waals surface area contributed by atoms with E-state index in [1.165, 1.54) is 0 Å². The van der Waals surface area contributed by atoms with Crippen LogP contribution >= 0.6 is 11.6 Å². The van der Waals surface area contributed by atoms with Gasteiger partial charge in [0.1, 0.15) is 5.21 Å². The van der Waals surface area contributed by atoms with E-state index in [1.807, 2.05) is 12.1 Å². The second kappa shape index (κ2) is 5.29. The Labute approximate surface area is 88.4 Å². The van der Waals surface area contributed by atoms with Crippen LogP contribution in [0.25, 0.3) is 0 Å². The van der Waals surface area contributed by atoms with E-state index in [0.717, 1.165) is 5.56 Å². The van der Waals surface area contributed by atoms with E-state index in [0.29, 0.717) is 13.0 Å². The fraction of sp³-hybridized carbons (Fsp3) is 0.375. The first kappa shape index (κ1) is 11.4. The minimum Gasteiger partial charge on any atom is -0.264 e. The van der Waals surface area contributed by atoms with Crippen LogP contribution in [0, 0.1) is 0 Å². The van der Waals surface area contributed by atoms with Crippen LogP contribution < -0.4 is 4.72 Å². The molecule has 0 bridgehead atoms. The van der Waals surface area contributed by atoms with Gasteiger partial charge in [0.15, 0.2) is 0 Å². The number of hydrogen-bond acceptors (Lipinski definition) is 3. The normalized spacial score (nSPS) is 11.5. The molecule has 1 N–H and O–H groups in total. The number of halogens is 1. The molecule has 0 unspecified atom stereocenters. The van der Waals surface area contributed by atoms with Crippen molar-refractivity contribution in [2.75, 3.05) is 11.8 Å². The number of aromatic nitrogens is 1. The van der Waals surface area contributed by atoms with Crippen molar-refractivity contribution in [2.45, 2.75) is 6.42 Å². The lowest BCUT2D eigenvalue weighted by molar-refractivity contribution is 0.586. The maximum atomic E-state index is 10.9. The summed E-state index contributed by atoms with van der Waals surface area (Å²) in [4.78, 5) is 3.92. The fourth-order valence-electron chi connectivity index (χ4n) is 0.935. The summed E-state index contributed by atoms with van der Waals surface area (Å²) >= 11 is 5.21. The van der Waals surface area contributed by atoms with Gasteiger partial charge < -0.3 is 0 Å². The van der Waals surface area contributed by atoms with Crippen molar-refractivity contribution in [3.63, 3.8) is 0 Å². The van der Waals surface area contributed by atoms with Crippen LogP contribution in [-0.4, -0.2) is 25.2 Å². The number of hydrogen-bond donors (Lipinski definition) is 1. The summed E-state index contributed by atoms with van der Waals surface area (Å²) in [6.45, 7) is 0.348. The van der Waals surface area contributed by atoms with E-state index in [4.69, 9.17) is 11.6 Å². The summed E-state index contributed by atoms with van der Waals surface area (Å²) in [5.74, 6) is 0. The second-order valence-corrected chi connectivity index (χ2v) is 5.12. The molecule has 0 spiro atoms. The van der Waals surface area contributed by atoms with Crippen LogP contribution in [0.3, 0.4) is 0 Å². The predicted molar refractivity (Wildman–Crippen MR) is 55.6 cm³/mol. The van der Waals surface area contributed by atoms with Gasteiger partial charge in [0.25, 0.3) is 0 Å². The molecule has 0 saturated heterocycles. The summed E-state index contributed by atoms with van der Waals surface area (Å²) in [6, 6.07) is 3.70. The van der Waals surface area contributed by atoms with Crippen molar-refractivity contribution in [3.05, 3.63) is 30.1 Å². The average molecular weight is 235 g/mol. The van der Waals surface area contributed by atoms with Crippen LogP contribution in [0.5, 0.6) is 0 Å². The molecule has 4 nitrogen and oxygen atoms in total. The van der Waals surface area contributed by atoms with Gasteiger partial charge in [-0.2, -0.15) is 0 Å². The van der Waals surface area contributed by atoms with Crippen LogP contribution in [0.4, 0.5) is 0 Å². The lowest BCUT2D eigenvalue weighted by Gasteiger charge is -2.02. The predicted octanol–water partition coefficient (Wildman–Crippen LogP) is 0.740. The molecule has 1 rings (SSSR count). The van der Waals surface area contributed by atoms with Gasteiger partial charge in [-0.15, -0.1) is 11.6 Å². The third kappa shape index (κ3) is 4.04. The SMILES string of the molecule is O=S(=O)(CCl)NCCc1cccnc1. The zero-order valence-electron chi connectivity index (χ0n) is 7.48. The Kier molecular flexibility index (Phi) is 4.31. The quantitative estimate of drug-likeness (QED) is 0.765. The Morgan fingerprint density at radius 1 is 1.50 bits per heavy atom. The summed E-state index contributed by atoms with van der Waals surface area (Å²) < 4.78 is 24.2. The third-order valence-corrected chi connectivity index (χ3v) is 3.40. The lowest BCUT2D eigenvalue weighted by Crippen LogP contribution is -2.26. The molecule has 6 heteroatoms. The maximum Gasteiger partial charge on any atom is 0.225 e. The van der Waals surface area contributed by atoms with E-state index in [1.54, 1.807) is 12.4 Å². The van der Waals surface area contributed by atoms with Crippen LogP contribution in [0.15, 0.2) is 24.5 Å². The van der Waals surface area contributed by atoms with Crippen molar-refractivity contribution >= 4 is 21.6 Å². The third-order valence-electron chi connectivity index (χ3n) is 1.60. The fourth-order valence-corrected chi connectivity index (χ4v) is 1.66. The molecule has 78 valence electrons. The van der Waals surface area contributed by atoms with Crippen molar-refractivity contribution < 1.29 is 8.42 Å². The molecule has 0 aromatic carbocycles. The summed E-state index contributed by atoms with van der Waals surface area (Å²) in [5.41, 5.74) is 0.991. The summed E-state index contributed by atoms with van der Waals surface area (Å²) in [6.07, 6.45) is 3.99. The van der Waals surface area contributed by atoms with Crippen molar-refractivity contribution in [1.82, 2.24) is 9.71 Å². The zero-order valence-corrected chi connectivity index (χ0v) is 9.05. The van der Waals surface area contributed by atoms with E-state index in [9.17, 15) is 8.42 Å². The van der Waals surface area contributed by atoms with Gasteiger partial charge in [-0.05, 0) is 18.1 Å². The number of sulfonamides is 1. The Balaban J connectivity index is 2.37. The topological polar surface area (TPSA) is 59.1 Å². The molecule has 0 atom stereocenters. The lowest BCUT2D eigenvalue weighted by atomic mass is 10.2. The highest BCUT2D eigenvalue weighted by molar-refractivity contribution is 7.90. The standard InChI is InChI=1S/C8H11ClN2O2S/c9-7-14(12,13)11-5-3-8-2-1-4-10-6-8/h1-2,4,6,11H,3,5,7H2. The van der Waals surface area contributed by atoms with Gasteiger partial charge in [0, 0.05) is 18.9 Å². The molecular weight excluding hydrogens is 224 g/mol. The smallest absolute Gasteiger partial charge is 0.225 e.